The normalized spacial score (nSPS) is 13.1. The lowest BCUT2D eigenvalue weighted by atomic mass is 10.0. The number of carbonyl (C=O) groups is 1. The summed E-state index contributed by atoms with van der Waals surface area (Å²) in [7, 11) is 3.99. The Kier molecular flexibility index (Phi) is 9.03. The summed E-state index contributed by atoms with van der Waals surface area (Å²) in [5.74, 6) is 0.349. The van der Waals surface area contributed by atoms with Crippen LogP contribution in [0.5, 0.6) is 0 Å². The highest BCUT2D eigenvalue weighted by Gasteiger charge is 2.13. The van der Waals surface area contributed by atoms with E-state index in [2.05, 4.69) is 24.1 Å². The highest BCUT2D eigenvalue weighted by molar-refractivity contribution is 5.81. The molecule has 0 aliphatic heterocycles. The quantitative estimate of drug-likeness (QED) is 0.563. The second-order valence-corrected chi connectivity index (χ2v) is 4.94. The topological polar surface area (TPSA) is 67.6 Å². The molecule has 1 atom stereocenters. The minimum absolute atomic E-state index is 0.0880. The van der Waals surface area contributed by atoms with Crippen LogP contribution in [0.15, 0.2) is 0 Å². The average Bonchev–Trinajstić information content (AvgIpc) is 2.21. The van der Waals surface area contributed by atoms with Crippen LogP contribution in [-0.4, -0.2) is 57.2 Å². The Hall–Kier alpha value is -0.650. The molecule has 0 unspecified atom stereocenters. The zero-order valence-corrected chi connectivity index (χ0v) is 11.5. The summed E-state index contributed by atoms with van der Waals surface area (Å²) >= 11 is 0. The summed E-state index contributed by atoms with van der Waals surface area (Å²) in [6.07, 6.45) is 0.716. The molecule has 1 amide bonds. The summed E-state index contributed by atoms with van der Waals surface area (Å²) in [6, 6.07) is -0.406. The highest BCUT2D eigenvalue weighted by atomic mass is 16.5. The second-order valence-electron chi connectivity index (χ2n) is 4.94. The Labute approximate surface area is 105 Å². The number of likely N-dealkylation sites (N-methyl/N-ethyl adjacent to an activating group) is 1. The first-order valence-corrected chi connectivity index (χ1v) is 6.19. The molecular weight excluding hydrogens is 218 g/mol. The van der Waals surface area contributed by atoms with Gasteiger partial charge in [0.15, 0.2) is 0 Å². The molecule has 0 spiro atoms. The van der Waals surface area contributed by atoms with E-state index in [1.807, 2.05) is 14.1 Å². The SMILES string of the molecule is CC(C)C[C@H](N)C(=O)NCCOCCN(C)C. The van der Waals surface area contributed by atoms with Gasteiger partial charge in [0.05, 0.1) is 19.3 Å². The van der Waals surface area contributed by atoms with E-state index in [0.29, 0.717) is 32.1 Å². The van der Waals surface area contributed by atoms with E-state index in [-0.39, 0.29) is 5.91 Å². The lowest BCUT2D eigenvalue weighted by molar-refractivity contribution is -0.122. The molecule has 0 fully saturated rings. The van der Waals surface area contributed by atoms with Crippen molar-refractivity contribution in [2.24, 2.45) is 11.7 Å². The summed E-state index contributed by atoms with van der Waals surface area (Å²) < 4.78 is 5.36. The lowest BCUT2D eigenvalue weighted by Crippen LogP contribution is -2.42. The summed E-state index contributed by atoms with van der Waals surface area (Å²) in [4.78, 5) is 13.6. The van der Waals surface area contributed by atoms with Gasteiger partial charge < -0.3 is 20.7 Å². The molecule has 0 saturated carbocycles. The van der Waals surface area contributed by atoms with Crippen molar-refractivity contribution in [1.29, 1.82) is 0 Å². The van der Waals surface area contributed by atoms with Crippen LogP contribution >= 0.6 is 0 Å². The third kappa shape index (κ3) is 10.2. The molecule has 102 valence electrons. The Balaban J connectivity index is 3.45. The van der Waals surface area contributed by atoms with Gasteiger partial charge in [-0.3, -0.25) is 4.79 Å². The van der Waals surface area contributed by atoms with Crippen molar-refractivity contribution in [2.75, 3.05) is 40.4 Å². The van der Waals surface area contributed by atoms with Crippen LogP contribution in [0, 0.1) is 5.92 Å². The van der Waals surface area contributed by atoms with E-state index in [9.17, 15) is 4.79 Å². The van der Waals surface area contributed by atoms with Gasteiger partial charge in [-0.15, -0.1) is 0 Å². The molecule has 0 aromatic heterocycles. The number of hydrogen-bond acceptors (Lipinski definition) is 4. The lowest BCUT2D eigenvalue weighted by Gasteiger charge is -2.14. The fourth-order valence-electron chi connectivity index (χ4n) is 1.34. The summed E-state index contributed by atoms with van der Waals surface area (Å²) in [5.41, 5.74) is 5.74. The van der Waals surface area contributed by atoms with Gasteiger partial charge in [0, 0.05) is 13.1 Å². The standard InChI is InChI=1S/C12H27N3O2/c1-10(2)9-11(13)12(16)14-5-7-17-8-6-15(3)4/h10-11H,5-9,13H2,1-4H3,(H,14,16)/t11-/m0/s1. The highest BCUT2D eigenvalue weighted by Crippen LogP contribution is 2.02. The van der Waals surface area contributed by atoms with Crippen molar-refractivity contribution in [2.45, 2.75) is 26.3 Å². The maximum absolute atomic E-state index is 11.5. The van der Waals surface area contributed by atoms with Crippen molar-refractivity contribution < 1.29 is 9.53 Å². The first-order valence-electron chi connectivity index (χ1n) is 6.19. The molecule has 5 nitrogen and oxygen atoms in total. The van der Waals surface area contributed by atoms with Gasteiger partial charge in [0.2, 0.25) is 5.91 Å². The number of nitrogens with one attached hydrogen (secondary N) is 1. The van der Waals surface area contributed by atoms with E-state index in [0.717, 1.165) is 6.54 Å². The number of carbonyl (C=O) groups excluding carboxylic acids is 1. The number of nitrogens with two attached hydrogens (primary N) is 1. The van der Waals surface area contributed by atoms with Crippen LogP contribution < -0.4 is 11.1 Å². The third-order valence-corrected chi connectivity index (χ3v) is 2.29. The van der Waals surface area contributed by atoms with E-state index in [4.69, 9.17) is 10.5 Å². The first kappa shape index (κ1) is 16.4. The van der Waals surface area contributed by atoms with Crippen LogP contribution in [0.25, 0.3) is 0 Å². The molecule has 5 heteroatoms. The van der Waals surface area contributed by atoms with Crippen molar-refractivity contribution >= 4 is 5.91 Å². The van der Waals surface area contributed by atoms with E-state index < -0.39 is 6.04 Å². The van der Waals surface area contributed by atoms with Gasteiger partial charge in [0.1, 0.15) is 0 Å². The van der Waals surface area contributed by atoms with Gasteiger partial charge in [-0.1, -0.05) is 13.8 Å². The van der Waals surface area contributed by atoms with Crippen LogP contribution in [0.4, 0.5) is 0 Å². The third-order valence-electron chi connectivity index (χ3n) is 2.29. The molecule has 17 heavy (non-hydrogen) atoms. The minimum atomic E-state index is -0.406. The fraction of sp³-hybridized carbons (Fsp3) is 0.917. The van der Waals surface area contributed by atoms with Gasteiger partial charge in [-0.05, 0) is 26.4 Å². The van der Waals surface area contributed by atoms with E-state index in [1.165, 1.54) is 0 Å². The summed E-state index contributed by atoms with van der Waals surface area (Å²) in [5, 5.41) is 2.77. The van der Waals surface area contributed by atoms with E-state index >= 15 is 0 Å². The molecule has 0 saturated heterocycles. The van der Waals surface area contributed by atoms with Crippen LogP contribution in [0.2, 0.25) is 0 Å². The predicted octanol–water partition coefficient (Wildman–Crippen LogP) is 0.0542. The molecule has 0 aromatic carbocycles. The molecule has 0 aliphatic carbocycles. The molecule has 0 rings (SSSR count). The predicted molar refractivity (Wildman–Crippen MR) is 69.8 cm³/mol. The first-order chi connectivity index (χ1) is 7.93. The smallest absolute Gasteiger partial charge is 0.237 e. The maximum Gasteiger partial charge on any atom is 0.237 e. The van der Waals surface area contributed by atoms with Crippen LogP contribution in [-0.2, 0) is 9.53 Å². The Morgan fingerprint density at radius 3 is 2.53 bits per heavy atom. The maximum atomic E-state index is 11.5. The van der Waals surface area contributed by atoms with Gasteiger partial charge >= 0.3 is 0 Å². The number of nitrogens with zero attached hydrogens (tertiary/aromatic N) is 1. The molecule has 3 N–H and O–H groups in total. The van der Waals surface area contributed by atoms with Crippen molar-refractivity contribution in [3.05, 3.63) is 0 Å². The second kappa shape index (κ2) is 9.39. The molecule has 0 aliphatic rings. The van der Waals surface area contributed by atoms with E-state index in [1.54, 1.807) is 0 Å². The molecule has 0 heterocycles. The Morgan fingerprint density at radius 1 is 1.35 bits per heavy atom. The largest absolute Gasteiger partial charge is 0.378 e. The molecule has 0 bridgehead atoms. The van der Waals surface area contributed by atoms with Gasteiger partial charge in [-0.2, -0.15) is 0 Å². The van der Waals surface area contributed by atoms with Crippen molar-refractivity contribution in [3.63, 3.8) is 0 Å². The Morgan fingerprint density at radius 2 is 2.00 bits per heavy atom. The number of amides is 1. The van der Waals surface area contributed by atoms with Crippen molar-refractivity contribution in [1.82, 2.24) is 10.2 Å². The number of ether oxygens (including phenoxy) is 1. The average molecular weight is 245 g/mol. The van der Waals surface area contributed by atoms with Gasteiger partial charge in [-0.25, -0.2) is 0 Å². The zero-order chi connectivity index (χ0) is 13.3. The van der Waals surface area contributed by atoms with Crippen molar-refractivity contribution in [3.8, 4) is 0 Å². The molecular formula is C12H27N3O2. The number of rotatable bonds is 9. The molecule has 0 aromatic rings. The zero-order valence-electron chi connectivity index (χ0n) is 11.5. The fourth-order valence-corrected chi connectivity index (χ4v) is 1.34. The van der Waals surface area contributed by atoms with Gasteiger partial charge in [0.25, 0.3) is 0 Å². The summed E-state index contributed by atoms with van der Waals surface area (Å²) in [6.45, 7) is 6.74. The van der Waals surface area contributed by atoms with Crippen LogP contribution in [0.3, 0.4) is 0 Å². The Bertz CT molecular complexity index is 208. The number of hydrogen-bond donors (Lipinski definition) is 2. The monoisotopic (exact) mass is 245 g/mol. The van der Waals surface area contributed by atoms with Crippen LogP contribution in [0.1, 0.15) is 20.3 Å². The molecule has 0 radical (unpaired) electrons. The minimum Gasteiger partial charge on any atom is -0.378 e.